The van der Waals surface area contributed by atoms with Crippen LogP contribution in [-0.2, 0) is 12.8 Å². The Morgan fingerprint density at radius 3 is 2.53 bits per heavy atom. The van der Waals surface area contributed by atoms with Gasteiger partial charge in [-0.05, 0) is 24.3 Å². The first-order chi connectivity index (χ1) is 8.18. The van der Waals surface area contributed by atoms with Crippen LogP contribution in [0.25, 0.3) is 0 Å². The Hall–Kier alpha value is -1.77. The van der Waals surface area contributed by atoms with Crippen molar-refractivity contribution in [2.75, 3.05) is 5.73 Å². The van der Waals surface area contributed by atoms with E-state index >= 15 is 0 Å². The van der Waals surface area contributed by atoms with Gasteiger partial charge in [0.25, 0.3) is 0 Å². The maximum absolute atomic E-state index is 5.78. The van der Waals surface area contributed by atoms with E-state index in [-0.39, 0.29) is 0 Å². The van der Waals surface area contributed by atoms with Crippen LogP contribution in [0, 0.1) is 0 Å². The van der Waals surface area contributed by atoms with Gasteiger partial charge in [0.2, 0.25) is 5.88 Å². The third kappa shape index (κ3) is 2.67. The Morgan fingerprint density at radius 1 is 1.18 bits per heavy atom. The zero-order chi connectivity index (χ0) is 12.3. The van der Waals surface area contributed by atoms with Crippen LogP contribution in [0.2, 0.25) is 0 Å². The van der Waals surface area contributed by atoms with Crippen LogP contribution in [0.1, 0.15) is 36.6 Å². The fraction of sp³-hybridized carbons (Fsp3) is 0.357. The Bertz CT molecular complexity index is 474. The van der Waals surface area contributed by atoms with E-state index in [0.29, 0.717) is 11.8 Å². The molecule has 0 aliphatic rings. The summed E-state index contributed by atoms with van der Waals surface area (Å²) >= 11 is 0. The van der Waals surface area contributed by atoms with Crippen molar-refractivity contribution in [3.05, 3.63) is 47.2 Å². The second-order valence-electron chi connectivity index (χ2n) is 4.55. The van der Waals surface area contributed by atoms with Gasteiger partial charge in [0.1, 0.15) is 0 Å². The third-order valence-corrected chi connectivity index (χ3v) is 2.90. The van der Waals surface area contributed by atoms with Gasteiger partial charge in [-0.2, -0.15) is 0 Å². The fourth-order valence-corrected chi connectivity index (χ4v) is 2.05. The van der Waals surface area contributed by atoms with E-state index in [1.807, 2.05) is 6.07 Å². The van der Waals surface area contributed by atoms with Gasteiger partial charge in [-0.3, -0.25) is 0 Å². The Morgan fingerprint density at radius 2 is 1.88 bits per heavy atom. The number of anilines is 1. The number of aryl methyl sites for hydroxylation is 2. The van der Waals surface area contributed by atoms with Crippen molar-refractivity contribution in [3.63, 3.8) is 0 Å². The Labute approximate surface area is 102 Å². The van der Waals surface area contributed by atoms with Crippen molar-refractivity contribution in [2.45, 2.75) is 32.6 Å². The number of hydrogen-bond donors (Lipinski definition) is 1. The van der Waals surface area contributed by atoms with Gasteiger partial charge in [0.05, 0.1) is 5.69 Å². The molecule has 1 aromatic carbocycles. The average Bonchev–Trinajstić information content (AvgIpc) is 2.69. The van der Waals surface area contributed by atoms with Crippen molar-refractivity contribution in [2.24, 2.45) is 0 Å². The number of nitrogens with zero attached hydrogens (tertiary/aromatic N) is 1. The lowest BCUT2D eigenvalue weighted by atomic mass is 9.99. The van der Waals surface area contributed by atoms with E-state index in [1.54, 1.807) is 0 Å². The smallest absolute Gasteiger partial charge is 0.225 e. The number of benzene rings is 1. The molecule has 3 nitrogen and oxygen atoms in total. The van der Waals surface area contributed by atoms with Crippen LogP contribution >= 0.6 is 0 Å². The van der Waals surface area contributed by atoms with E-state index in [2.05, 4.69) is 43.3 Å². The lowest BCUT2D eigenvalue weighted by Crippen LogP contribution is -1.99. The van der Waals surface area contributed by atoms with E-state index in [4.69, 9.17) is 10.3 Å². The summed E-state index contributed by atoms with van der Waals surface area (Å²) in [5.41, 5.74) is 9.13. The van der Waals surface area contributed by atoms with Gasteiger partial charge in [0, 0.05) is 5.56 Å². The van der Waals surface area contributed by atoms with Crippen LogP contribution in [-0.4, -0.2) is 5.16 Å². The highest BCUT2D eigenvalue weighted by Gasteiger charge is 2.16. The number of aromatic nitrogens is 1. The number of nitrogen functional groups attached to an aromatic ring is 1. The van der Waals surface area contributed by atoms with Crippen LogP contribution in [0.4, 0.5) is 5.88 Å². The lowest BCUT2D eigenvalue weighted by molar-refractivity contribution is 0.427. The van der Waals surface area contributed by atoms with Gasteiger partial charge in [0.15, 0.2) is 0 Å². The quantitative estimate of drug-likeness (QED) is 0.877. The van der Waals surface area contributed by atoms with Gasteiger partial charge >= 0.3 is 0 Å². The minimum Gasteiger partial charge on any atom is -0.367 e. The first-order valence-corrected chi connectivity index (χ1v) is 5.96. The fourth-order valence-electron chi connectivity index (χ4n) is 2.05. The highest BCUT2D eigenvalue weighted by atomic mass is 16.5. The number of rotatable bonds is 4. The highest BCUT2D eigenvalue weighted by Crippen LogP contribution is 2.26. The minimum atomic E-state index is 0.354. The van der Waals surface area contributed by atoms with Crippen molar-refractivity contribution in [3.8, 4) is 0 Å². The van der Waals surface area contributed by atoms with E-state index in [1.165, 1.54) is 5.56 Å². The molecule has 0 aliphatic carbocycles. The molecule has 2 rings (SSSR count). The molecule has 90 valence electrons. The van der Waals surface area contributed by atoms with Crippen LogP contribution < -0.4 is 5.73 Å². The van der Waals surface area contributed by atoms with Gasteiger partial charge in [-0.1, -0.05) is 49.3 Å². The van der Waals surface area contributed by atoms with E-state index in [9.17, 15) is 0 Å². The Balaban J connectivity index is 2.09. The summed E-state index contributed by atoms with van der Waals surface area (Å²) in [5, 5.41) is 4.05. The Kier molecular flexibility index (Phi) is 3.47. The molecule has 1 heterocycles. The highest BCUT2D eigenvalue weighted by molar-refractivity contribution is 5.41. The molecule has 0 atom stereocenters. The average molecular weight is 230 g/mol. The molecule has 2 N–H and O–H groups in total. The van der Waals surface area contributed by atoms with Gasteiger partial charge in [-0.15, -0.1) is 0 Å². The molecule has 17 heavy (non-hydrogen) atoms. The normalized spacial score (nSPS) is 11.0. The molecular weight excluding hydrogens is 212 g/mol. The largest absolute Gasteiger partial charge is 0.367 e. The molecule has 0 saturated carbocycles. The maximum Gasteiger partial charge on any atom is 0.225 e. The van der Waals surface area contributed by atoms with Crippen LogP contribution in [0.3, 0.4) is 0 Å². The molecule has 0 radical (unpaired) electrons. The van der Waals surface area contributed by atoms with Crippen LogP contribution in [0.5, 0.6) is 0 Å². The van der Waals surface area contributed by atoms with Crippen LogP contribution in [0.15, 0.2) is 34.9 Å². The van der Waals surface area contributed by atoms with Crippen molar-refractivity contribution >= 4 is 5.88 Å². The van der Waals surface area contributed by atoms with Gasteiger partial charge < -0.3 is 10.3 Å². The molecule has 0 unspecified atom stereocenters. The predicted molar refractivity (Wildman–Crippen MR) is 68.9 cm³/mol. The standard InChI is InChI=1S/C14H18N2O/c1-10(2)13-12(16-17-14(13)15)9-8-11-6-4-3-5-7-11/h3-7,10H,8-9,15H2,1-2H3. The molecule has 0 saturated heterocycles. The molecule has 1 aromatic heterocycles. The summed E-state index contributed by atoms with van der Waals surface area (Å²) in [5.74, 6) is 0.815. The maximum atomic E-state index is 5.78. The topological polar surface area (TPSA) is 52.0 Å². The second-order valence-corrected chi connectivity index (χ2v) is 4.55. The SMILES string of the molecule is CC(C)c1c(CCc2ccccc2)noc1N. The molecule has 2 aromatic rings. The summed E-state index contributed by atoms with van der Waals surface area (Å²) in [7, 11) is 0. The molecule has 0 fully saturated rings. The number of nitrogens with two attached hydrogens (primary N) is 1. The summed E-state index contributed by atoms with van der Waals surface area (Å²) < 4.78 is 5.07. The summed E-state index contributed by atoms with van der Waals surface area (Å²) in [6, 6.07) is 10.4. The van der Waals surface area contributed by atoms with Gasteiger partial charge in [-0.25, -0.2) is 0 Å². The molecule has 0 bridgehead atoms. The molecular formula is C14H18N2O. The molecule has 0 spiro atoms. The summed E-state index contributed by atoms with van der Waals surface area (Å²) in [6.07, 6.45) is 1.84. The monoisotopic (exact) mass is 230 g/mol. The molecule has 0 aliphatic heterocycles. The van der Waals surface area contributed by atoms with E-state index in [0.717, 1.165) is 24.1 Å². The number of hydrogen-bond acceptors (Lipinski definition) is 3. The third-order valence-electron chi connectivity index (χ3n) is 2.90. The first-order valence-electron chi connectivity index (χ1n) is 5.96. The lowest BCUT2D eigenvalue weighted by Gasteiger charge is -2.05. The zero-order valence-electron chi connectivity index (χ0n) is 10.3. The molecule has 3 heteroatoms. The van der Waals surface area contributed by atoms with E-state index < -0.39 is 0 Å². The predicted octanol–water partition coefficient (Wildman–Crippen LogP) is 3.17. The van der Waals surface area contributed by atoms with Crippen molar-refractivity contribution in [1.82, 2.24) is 5.16 Å². The van der Waals surface area contributed by atoms with Crippen molar-refractivity contribution < 1.29 is 4.52 Å². The second kappa shape index (κ2) is 5.04. The first kappa shape index (κ1) is 11.7. The summed E-state index contributed by atoms with van der Waals surface area (Å²) in [4.78, 5) is 0. The zero-order valence-corrected chi connectivity index (χ0v) is 10.3. The van der Waals surface area contributed by atoms with Crippen molar-refractivity contribution in [1.29, 1.82) is 0 Å². The summed E-state index contributed by atoms with van der Waals surface area (Å²) in [6.45, 7) is 4.21. The minimum absolute atomic E-state index is 0.354. The molecule has 0 amide bonds.